The minimum atomic E-state index is -0.882. The molecule has 0 atom stereocenters. The van der Waals surface area contributed by atoms with Crippen molar-refractivity contribution < 1.29 is 9.90 Å². The summed E-state index contributed by atoms with van der Waals surface area (Å²) in [4.78, 5) is 10.1. The van der Waals surface area contributed by atoms with Crippen LogP contribution in [-0.2, 0) is 4.79 Å². The summed E-state index contributed by atoms with van der Waals surface area (Å²) in [5.41, 5.74) is 1.30. The van der Waals surface area contributed by atoms with E-state index < -0.39 is 5.97 Å². The molecule has 1 N–H and O–H groups in total. The van der Waals surface area contributed by atoms with Gasteiger partial charge in [-0.15, -0.1) is 0 Å². The zero-order chi connectivity index (χ0) is 8.97. The van der Waals surface area contributed by atoms with Crippen molar-refractivity contribution in [2.75, 3.05) is 0 Å². The Bertz CT molecular complexity index is 222. The van der Waals surface area contributed by atoms with Crippen LogP contribution in [0.3, 0.4) is 0 Å². The monoisotopic (exact) mass is 166 g/mol. The molecule has 0 saturated heterocycles. The van der Waals surface area contributed by atoms with Crippen LogP contribution in [0.15, 0.2) is 23.8 Å². The van der Waals surface area contributed by atoms with Crippen LogP contribution >= 0.6 is 0 Å². The molecule has 0 spiro atoms. The normalized spacial score (nSPS) is 19.6. The highest BCUT2D eigenvalue weighted by atomic mass is 16.4. The SMILES string of the molecule is C/C(=C/C=C/C(=O)O)C1CCC1. The Hall–Kier alpha value is -1.05. The number of carboxylic acid groups (broad SMARTS) is 1. The van der Waals surface area contributed by atoms with E-state index in [0.29, 0.717) is 5.92 Å². The smallest absolute Gasteiger partial charge is 0.328 e. The van der Waals surface area contributed by atoms with Crippen LogP contribution in [0, 0.1) is 5.92 Å². The Balaban J connectivity index is 2.39. The number of carbonyl (C=O) groups is 1. The predicted octanol–water partition coefficient (Wildman–Crippen LogP) is 2.37. The lowest BCUT2D eigenvalue weighted by Crippen LogP contribution is -2.11. The topological polar surface area (TPSA) is 37.3 Å². The van der Waals surface area contributed by atoms with E-state index in [9.17, 15) is 4.79 Å². The second kappa shape index (κ2) is 4.10. The average molecular weight is 166 g/mol. The molecule has 0 bridgehead atoms. The van der Waals surface area contributed by atoms with Crippen molar-refractivity contribution >= 4 is 5.97 Å². The number of hydrogen-bond donors (Lipinski definition) is 1. The van der Waals surface area contributed by atoms with Crippen molar-refractivity contribution in [2.24, 2.45) is 5.92 Å². The van der Waals surface area contributed by atoms with Gasteiger partial charge in [0.05, 0.1) is 0 Å². The van der Waals surface area contributed by atoms with Crippen LogP contribution < -0.4 is 0 Å². The van der Waals surface area contributed by atoms with E-state index in [4.69, 9.17) is 5.11 Å². The fourth-order valence-corrected chi connectivity index (χ4v) is 1.28. The second-order valence-electron chi connectivity index (χ2n) is 3.24. The highest BCUT2D eigenvalue weighted by molar-refractivity contribution is 5.80. The largest absolute Gasteiger partial charge is 0.478 e. The lowest BCUT2D eigenvalue weighted by Gasteiger charge is -2.25. The van der Waals surface area contributed by atoms with Gasteiger partial charge in [-0.25, -0.2) is 4.79 Å². The molecular weight excluding hydrogens is 152 g/mol. The lowest BCUT2D eigenvalue weighted by molar-refractivity contribution is -0.131. The summed E-state index contributed by atoms with van der Waals surface area (Å²) in [6, 6.07) is 0. The maximum Gasteiger partial charge on any atom is 0.328 e. The molecule has 0 amide bonds. The molecular formula is C10H14O2. The van der Waals surface area contributed by atoms with Gasteiger partial charge in [-0.1, -0.05) is 24.1 Å². The minimum absolute atomic E-state index is 0.712. The van der Waals surface area contributed by atoms with E-state index in [1.165, 1.54) is 30.9 Å². The fourth-order valence-electron chi connectivity index (χ4n) is 1.28. The molecule has 0 radical (unpaired) electrons. The molecule has 0 aliphatic heterocycles. The maximum absolute atomic E-state index is 10.1. The molecule has 0 heterocycles. The van der Waals surface area contributed by atoms with Crippen molar-refractivity contribution in [3.8, 4) is 0 Å². The van der Waals surface area contributed by atoms with E-state index >= 15 is 0 Å². The molecule has 2 nitrogen and oxygen atoms in total. The third kappa shape index (κ3) is 2.53. The van der Waals surface area contributed by atoms with Crippen LogP contribution in [0.2, 0.25) is 0 Å². The lowest BCUT2D eigenvalue weighted by atomic mass is 9.80. The number of carboxylic acids is 1. The Morgan fingerprint density at radius 2 is 2.17 bits per heavy atom. The summed E-state index contributed by atoms with van der Waals surface area (Å²) in [6.45, 7) is 2.07. The number of hydrogen-bond acceptors (Lipinski definition) is 1. The third-order valence-corrected chi connectivity index (χ3v) is 2.35. The first-order chi connectivity index (χ1) is 5.70. The van der Waals surface area contributed by atoms with Crippen molar-refractivity contribution in [1.29, 1.82) is 0 Å². The van der Waals surface area contributed by atoms with Gasteiger partial charge in [0.2, 0.25) is 0 Å². The quantitative estimate of drug-likeness (QED) is 0.516. The zero-order valence-corrected chi connectivity index (χ0v) is 7.29. The Kier molecular flexibility index (Phi) is 3.09. The first kappa shape index (κ1) is 9.04. The molecule has 66 valence electrons. The number of aliphatic carboxylic acids is 1. The molecule has 0 aromatic rings. The summed E-state index contributed by atoms with van der Waals surface area (Å²) < 4.78 is 0. The molecule has 1 aliphatic rings. The van der Waals surface area contributed by atoms with Crippen LogP contribution in [0.4, 0.5) is 0 Å². The van der Waals surface area contributed by atoms with E-state index in [2.05, 4.69) is 6.92 Å². The van der Waals surface area contributed by atoms with Gasteiger partial charge in [0.1, 0.15) is 0 Å². The summed E-state index contributed by atoms with van der Waals surface area (Å²) >= 11 is 0. The Morgan fingerprint density at radius 3 is 2.58 bits per heavy atom. The highest BCUT2D eigenvalue weighted by Crippen LogP contribution is 2.32. The van der Waals surface area contributed by atoms with Crippen molar-refractivity contribution in [1.82, 2.24) is 0 Å². The van der Waals surface area contributed by atoms with Crippen LogP contribution in [0.5, 0.6) is 0 Å². The molecule has 0 aromatic carbocycles. The van der Waals surface area contributed by atoms with Gasteiger partial charge >= 0.3 is 5.97 Å². The Morgan fingerprint density at radius 1 is 1.50 bits per heavy atom. The van der Waals surface area contributed by atoms with E-state index in [1.807, 2.05) is 6.08 Å². The molecule has 1 fully saturated rings. The van der Waals surface area contributed by atoms with E-state index in [-0.39, 0.29) is 0 Å². The third-order valence-electron chi connectivity index (χ3n) is 2.35. The summed E-state index contributed by atoms with van der Waals surface area (Å²) in [5.74, 6) is -0.170. The number of allylic oxidation sites excluding steroid dienone is 3. The zero-order valence-electron chi connectivity index (χ0n) is 7.29. The van der Waals surface area contributed by atoms with E-state index in [0.717, 1.165) is 0 Å². The molecule has 1 saturated carbocycles. The van der Waals surface area contributed by atoms with Gasteiger partial charge in [-0.2, -0.15) is 0 Å². The van der Waals surface area contributed by atoms with Crippen LogP contribution in [0.25, 0.3) is 0 Å². The van der Waals surface area contributed by atoms with Crippen molar-refractivity contribution in [3.05, 3.63) is 23.8 Å². The van der Waals surface area contributed by atoms with E-state index in [1.54, 1.807) is 6.08 Å². The Labute approximate surface area is 72.6 Å². The summed E-state index contributed by atoms with van der Waals surface area (Å²) in [5, 5.41) is 8.32. The van der Waals surface area contributed by atoms with Crippen molar-refractivity contribution in [3.63, 3.8) is 0 Å². The highest BCUT2D eigenvalue weighted by Gasteiger charge is 2.17. The molecule has 1 rings (SSSR count). The van der Waals surface area contributed by atoms with Gasteiger partial charge < -0.3 is 5.11 Å². The van der Waals surface area contributed by atoms with Gasteiger partial charge in [0, 0.05) is 6.08 Å². The van der Waals surface area contributed by atoms with Crippen molar-refractivity contribution in [2.45, 2.75) is 26.2 Å². The maximum atomic E-state index is 10.1. The molecule has 2 heteroatoms. The molecule has 12 heavy (non-hydrogen) atoms. The fraction of sp³-hybridized carbons (Fsp3) is 0.500. The first-order valence-electron chi connectivity index (χ1n) is 4.28. The molecule has 0 unspecified atom stereocenters. The first-order valence-corrected chi connectivity index (χ1v) is 4.28. The molecule has 0 aromatic heterocycles. The summed E-state index contributed by atoms with van der Waals surface area (Å²) in [7, 11) is 0. The predicted molar refractivity (Wildman–Crippen MR) is 47.9 cm³/mol. The van der Waals surface area contributed by atoms with Gasteiger partial charge in [0.25, 0.3) is 0 Å². The number of rotatable bonds is 3. The van der Waals surface area contributed by atoms with Gasteiger partial charge in [0.15, 0.2) is 0 Å². The minimum Gasteiger partial charge on any atom is -0.478 e. The standard InChI is InChI=1S/C10H14O2/c1-8(9-5-3-6-9)4-2-7-10(11)12/h2,4,7,9H,3,5-6H2,1H3,(H,11,12)/b7-2+,8-4-. The van der Waals surface area contributed by atoms with Gasteiger partial charge in [-0.05, 0) is 25.7 Å². The van der Waals surface area contributed by atoms with Crippen LogP contribution in [0.1, 0.15) is 26.2 Å². The second-order valence-corrected chi connectivity index (χ2v) is 3.24. The summed E-state index contributed by atoms with van der Waals surface area (Å²) in [6.07, 6.45) is 8.53. The molecule has 1 aliphatic carbocycles. The van der Waals surface area contributed by atoms with Gasteiger partial charge in [-0.3, -0.25) is 0 Å². The average Bonchev–Trinajstić information content (AvgIpc) is 1.81. The van der Waals surface area contributed by atoms with Crippen LogP contribution in [-0.4, -0.2) is 11.1 Å².